The van der Waals surface area contributed by atoms with Crippen LogP contribution in [0.5, 0.6) is 34.5 Å². The second-order valence-corrected chi connectivity index (χ2v) is 6.85. The van der Waals surface area contributed by atoms with Crippen molar-refractivity contribution in [1.82, 2.24) is 0 Å². The Kier molecular flexibility index (Phi) is 6.04. The van der Waals surface area contributed by atoms with Crippen LogP contribution in [-0.2, 0) is 4.57 Å². The highest BCUT2D eigenvalue weighted by atomic mass is 31.2. The molecule has 8 heteroatoms. The van der Waals surface area contributed by atoms with Crippen molar-refractivity contribution in [2.75, 3.05) is 35.1 Å². The van der Waals surface area contributed by atoms with Crippen LogP contribution in [0.2, 0.25) is 0 Å². The Bertz CT molecular complexity index is 670. The summed E-state index contributed by atoms with van der Waals surface area (Å²) in [6, 6.07) is 10.1. The molecule has 0 aliphatic rings. The van der Waals surface area contributed by atoms with Gasteiger partial charge in [0.1, 0.15) is 0 Å². The van der Waals surface area contributed by atoms with Gasteiger partial charge in [0.15, 0.2) is 23.0 Å². The van der Waals surface area contributed by atoms with Crippen LogP contribution in [0.1, 0.15) is 0 Å². The summed E-state index contributed by atoms with van der Waals surface area (Å²) in [5.74, 6) is 1.86. The summed E-state index contributed by atoms with van der Waals surface area (Å²) in [6.45, 7) is 1.34. The SMILES string of the molecule is COc1cccc(OC)c1OP(C)(=O)Oc1c(OC)cccc1OC. The van der Waals surface area contributed by atoms with E-state index in [0.717, 1.165) is 0 Å². The van der Waals surface area contributed by atoms with E-state index in [2.05, 4.69) is 0 Å². The van der Waals surface area contributed by atoms with Gasteiger partial charge >= 0.3 is 7.60 Å². The fraction of sp³-hybridized carbons (Fsp3) is 0.294. The third-order valence-electron chi connectivity index (χ3n) is 3.28. The van der Waals surface area contributed by atoms with Crippen LogP contribution in [0, 0.1) is 0 Å². The lowest BCUT2D eigenvalue weighted by molar-refractivity contribution is 0.323. The standard InChI is InChI=1S/C17H21O7P/c1-19-12-8-6-9-13(20-2)16(12)23-25(5,18)24-17-14(21-3)10-7-11-15(17)22-4/h6-11H,1-5H3. The molecule has 0 aromatic heterocycles. The van der Waals surface area contributed by atoms with Crippen LogP contribution in [0.4, 0.5) is 0 Å². The fourth-order valence-corrected chi connectivity index (χ4v) is 3.23. The van der Waals surface area contributed by atoms with Gasteiger partial charge in [-0.1, -0.05) is 12.1 Å². The van der Waals surface area contributed by atoms with Crippen LogP contribution in [0.25, 0.3) is 0 Å². The van der Waals surface area contributed by atoms with Crippen molar-refractivity contribution in [2.45, 2.75) is 0 Å². The maximum Gasteiger partial charge on any atom is 0.428 e. The molecule has 0 aliphatic carbocycles. The van der Waals surface area contributed by atoms with E-state index in [4.69, 9.17) is 28.0 Å². The minimum atomic E-state index is -3.62. The number of rotatable bonds is 8. The van der Waals surface area contributed by atoms with Gasteiger partial charge in [0.05, 0.1) is 35.1 Å². The predicted octanol–water partition coefficient (Wildman–Crippen LogP) is 4.00. The average molecular weight is 368 g/mol. The molecule has 0 fully saturated rings. The molecule has 0 saturated heterocycles. The van der Waals surface area contributed by atoms with Crippen LogP contribution >= 0.6 is 7.60 Å². The molecule has 0 spiro atoms. The molecule has 7 nitrogen and oxygen atoms in total. The van der Waals surface area contributed by atoms with Crippen molar-refractivity contribution < 1.29 is 32.6 Å². The van der Waals surface area contributed by atoms with E-state index in [0.29, 0.717) is 23.0 Å². The molecular weight excluding hydrogens is 347 g/mol. The van der Waals surface area contributed by atoms with Gasteiger partial charge in [0, 0.05) is 0 Å². The largest absolute Gasteiger partial charge is 0.493 e. The minimum Gasteiger partial charge on any atom is -0.493 e. The normalized spacial score (nSPS) is 10.8. The maximum absolute atomic E-state index is 13.0. The first-order valence-electron chi connectivity index (χ1n) is 7.34. The van der Waals surface area contributed by atoms with Crippen molar-refractivity contribution in [2.24, 2.45) is 0 Å². The van der Waals surface area contributed by atoms with Crippen LogP contribution in [0.15, 0.2) is 36.4 Å². The quantitative estimate of drug-likeness (QED) is 0.652. The molecule has 25 heavy (non-hydrogen) atoms. The first-order chi connectivity index (χ1) is 12.0. The van der Waals surface area contributed by atoms with Gasteiger partial charge in [0.25, 0.3) is 0 Å². The molecule has 0 atom stereocenters. The van der Waals surface area contributed by atoms with Gasteiger partial charge in [-0.25, -0.2) is 4.57 Å². The Morgan fingerprint density at radius 2 is 0.920 bits per heavy atom. The molecular formula is C17H21O7P. The van der Waals surface area contributed by atoms with E-state index >= 15 is 0 Å². The Balaban J connectivity index is 2.38. The van der Waals surface area contributed by atoms with Crippen molar-refractivity contribution in [3.63, 3.8) is 0 Å². The summed E-state index contributed by atoms with van der Waals surface area (Å²) in [5.41, 5.74) is 0. The summed E-state index contributed by atoms with van der Waals surface area (Å²) in [7, 11) is 2.30. The topological polar surface area (TPSA) is 72.5 Å². The molecule has 0 N–H and O–H groups in total. The predicted molar refractivity (Wildman–Crippen MR) is 93.9 cm³/mol. The number of benzene rings is 2. The lowest BCUT2D eigenvalue weighted by atomic mass is 10.3. The van der Waals surface area contributed by atoms with Gasteiger partial charge in [-0.2, -0.15) is 0 Å². The molecule has 0 unspecified atom stereocenters. The smallest absolute Gasteiger partial charge is 0.428 e. The summed E-state index contributed by atoms with van der Waals surface area (Å²) >= 11 is 0. The lowest BCUT2D eigenvalue weighted by Gasteiger charge is -2.21. The number of ether oxygens (including phenoxy) is 4. The molecule has 0 saturated carbocycles. The monoisotopic (exact) mass is 368 g/mol. The average Bonchev–Trinajstić information content (AvgIpc) is 2.61. The van der Waals surface area contributed by atoms with Crippen molar-refractivity contribution in [3.8, 4) is 34.5 Å². The second kappa shape index (κ2) is 8.03. The highest BCUT2D eigenvalue weighted by Gasteiger charge is 2.28. The number of hydrogen-bond donors (Lipinski definition) is 0. The van der Waals surface area contributed by atoms with Gasteiger partial charge in [0.2, 0.25) is 11.5 Å². The van der Waals surface area contributed by atoms with E-state index in [1.54, 1.807) is 36.4 Å². The van der Waals surface area contributed by atoms with Crippen LogP contribution in [-0.4, -0.2) is 35.1 Å². The Hall–Kier alpha value is -2.53. The molecule has 0 aliphatic heterocycles. The first kappa shape index (κ1) is 18.8. The zero-order chi connectivity index (χ0) is 18.4. The van der Waals surface area contributed by atoms with E-state index in [1.807, 2.05) is 0 Å². The van der Waals surface area contributed by atoms with Crippen molar-refractivity contribution in [3.05, 3.63) is 36.4 Å². The number of para-hydroxylation sites is 2. The fourth-order valence-electron chi connectivity index (χ4n) is 2.16. The van der Waals surface area contributed by atoms with Gasteiger partial charge in [-0.15, -0.1) is 0 Å². The summed E-state index contributed by atoms with van der Waals surface area (Å²) in [5, 5.41) is 0. The van der Waals surface area contributed by atoms with E-state index in [1.165, 1.54) is 35.1 Å². The Morgan fingerprint density at radius 3 is 1.16 bits per heavy atom. The molecule has 136 valence electrons. The second-order valence-electron chi connectivity index (χ2n) is 4.94. The van der Waals surface area contributed by atoms with Crippen molar-refractivity contribution in [1.29, 1.82) is 0 Å². The lowest BCUT2D eigenvalue weighted by Crippen LogP contribution is -2.04. The van der Waals surface area contributed by atoms with E-state index in [9.17, 15) is 4.57 Å². The first-order valence-corrected chi connectivity index (χ1v) is 9.33. The number of hydrogen-bond acceptors (Lipinski definition) is 7. The maximum atomic E-state index is 13.0. The van der Waals surface area contributed by atoms with E-state index < -0.39 is 7.60 Å². The Morgan fingerprint density at radius 1 is 0.640 bits per heavy atom. The van der Waals surface area contributed by atoms with Gasteiger partial charge in [-0.3, -0.25) is 0 Å². The highest BCUT2D eigenvalue weighted by Crippen LogP contribution is 2.53. The summed E-state index contributed by atoms with van der Waals surface area (Å²) in [4.78, 5) is 0. The highest BCUT2D eigenvalue weighted by molar-refractivity contribution is 7.53. The van der Waals surface area contributed by atoms with Crippen LogP contribution in [0.3, 0.4) is 0 Å². The molecule has 2 aromatic rings. The molecule has 2 aromatic carbocycles. The van der Waals surface area contributed by atoms with Gasteiger partial charge in [-0.05, 0) is 24.3 Å². The molecule has 0 amide bonds. The minimum absolute atomic E-state index is 0.187. The summed E-state index contributed by atoms with van der Waals surface area (Å²) < 4.78 is 45.2. The van der Waals surface area contributed by atoms with Gasteiger partial charge < -0.3 is 28.0 Å². The number of methoxy groups -OCH3 is 4. The third kappa shape index (κ3) is 4.31. The summed E-state index contributed by atoms with van der Waals surface area (Å²) in [6.07, 6.45) is 0. The molecule has 0 heterocycles. The molecule has 0 radical (unpaired) electrons. The molecule has 0 bridgehead atoms. The third-order valence-corrected chi connectivity index (χ3v) is 4.31. The van der Waals surface area contributed by atoms with Crippen LogP contribution < -0.4 is 28.0 Å². The van der Waals surface area contributed by atoms with E-state index in [-0.39, 0.29) is 11.5 Å². The van der Waals surface area contributed by atoms with Crippen molar-refractivity contribution >= 4 is 7.60 Å². The zero-order valence-corrected chi connectivity index (χ0v) is 15.7. The molecule has 2 rings (SSSR count). The Labute approximate surface area is 146 Å². The zero-order valence-electron chi connectivity index (χ0n) is 14.8.